The zero-order chi connectivity index (χ0) is 18.3. The molecule has 2 aliphatic heterocycles. The molecule has 0 radical (unpaired) electrons. The van der Waals surface area contributed by atoms with Crippen molar-refractivity contribution in [2.45, 2.75) is 31.9 Å². The van der Waals surface area contributed by atoms with Crippen LogP contribution in [0, 0.1) is 5.92 Å². The molecule has 2 fully saturated rings. The summed E-state index contributed by atoms with van der Waals surface area (Å²) >= 11 is 3.38. The number of hydrogen-bond donors (Lipinski definition) is 0. The first-order chi connectivity index (χ1) is 12.6. The quantitative estimate of drug-likeness (QED) is 0.711. The fourth-order valence-corrected chi connectivity index (χ4v) is 4.02. The van der Waals surface area contributed by atoms with Gasteiger partial charge in [-0.05, 0) is 42.8 Å². The second-order valence-corrected chi connectivity index (χ2v) is 7.47. The van der Waals surface area contributed by atoms with Crippen LogP contribution in [-0.4, -0.2) is 24.0 Å². The third-order valence-electron chi connectivity index (χ3n) is 4.92. The summed E-state index contributed by atoms with van der Waals surface area (Å²) in [5.41, 5.74) is 1.46. The molecule has 2 aromatic carbocycles. The minimum atomic E-state index is -0.761. The average molecular weight is 415 g/mol. The maximum absolute atomic E-state index is 13.1. The first-order valence-electron chi connectivity index (χ1n) is 8.76. The van der Waals surface area contributed by atoms with Gasteiger partial charge in [-0.25, -0.2) is 9.96 Å². The van der Waals surface area contributed by atoms with Crippen molar-refractivity contribution in [3.63, 3.8) is 0 Å². The van der Waals surface area contributed by atoms with Crippen LogP contribution in [0.5, 0.6) is 0 Å². The molecule has 2 aliphatic rings. The third kappa shape index (κ3) is 2.73. The number of hydroxylamine groups is 1. The Morgan fingerprint density at radius 2 is 1.65 bits per heavy atom. The molecule has 2 aromatic rings. The first-order valence-corrected chi connectivity index (χ1v) is 9.55. The minimum absolute atomic E-state index is 0.149. The molecule has 0 aliphatic carbocycles. The molecule has 6 heteroatoms. The number of fused-ring (bicyclic) bond motifs is 1. The Morgan fingerprint density at radius 1 is 0.962 bits per heavy atom. The summed E-state index contributed by atoms with van der Waals surface area (Å²) in [7, 11) is 0. The Labute approximate surface area is 160 Å². The van der Waals surface area contributed by atoms with Crippen LogP contribution >= 0.6 is 15.9 Å². The summed E-state index contributed by atoms with van der Waals surface area (Å²) in [4.78, 5) is 33.4. The SMILES string of the molecule is CCC[C@H]1[C@H]2C(=O)N(c3ccc(Br)cc3)C(=O)[C@@H]2ON1c1ccccc1. The van der Waals surface area contributed by atoms with E-state index in [2.05, 4.69) is 22.9 Å². The molecule has 0 saturated carbocycles. The summed E-state index contributed by atoms with van der Waals surface area (Å²) < 4.78 is 0.899. The molecule has 2 heterocycles. The second kappa shape index (κ2) is 6.85. The zero-order valence-electron chi connectivity index (χ0n) is 14.3. The summed E-state index contributed by atoms with van der Waals surface area (Å²) in [6.45, 7) is 2.07. The molecule has 0 bridgehead atoms. The minimum Gasteiger partial charge on any atom is -0.273 e. The van der Waals surface area contributed by atoms with E-state index in [4.69, 9.17) is 4.84 Å². The van der Waals surface area contributed by atoms with E-state index in [0.717, 1.165) is 23.0 Å². The van der Waals surface area contributed by atoms with E-state index in [0.29, 0.717) is 5.69 Å². The van der Waals surface area contributed by atoms with Crippen molar-refractivity contribution in [3.8, 4) is 0 Å². The van der Waals surface area contributed by atoms with Crippen LogP contribution in [0.3, 0.4) is 0 Å². The summed E-state index contributed by atoms with van der Waals surface area (Å²) in [6.07, 6.45) is 0.923. The van der Waals surface area contributed by atoms with Gasteiger partial charge in [-0.2, -0.15) is 0 Å². The van der Waals surface area contributed by atoms with Gasteiger partial charge >= 0.3 is 0 Å². The van der Waals surface area contributed by atoms with Gasteiger partial charge in [-0.15, -0.1) is 0 Å². The molecule has 26 heavy (non-hydrogen) atoms. The van der Waals surface area contributed by atoms with Gasteiger partial charge in [-0.1, -0.05) is 47.5 Å². The molecule has 0 spiro atoms. The Kier molecular flexibility index (Phi) is 4.54. The van der Waals surface area contributed by atoms with E-state index in [1.165, 1.54) is 4.90 Å². The summed E-state index contributed by atoms with van der Waals surface area (Å²) in [6, 6.07) is 16.7. The predicted molar refractivity (Wildman–Crippen MR) is 103 cm³/mol. The molecule has 0 N–H and O–H groups in total. The van der Waals surface area contributed by atoms with E-state index in [1.54, 1.807) is 17.2 Å². The molecule has 2 saturated heterocycles. The average Bonchev–Trinajstić information content (AvgIpc) is 3.14. The third-order valence-corrected chi connectivity index (χ3v) is 5.45. The summed E-state index contributed by atoms with van der Waals surface area (Å²) in [5.74, 6) is -0.952. The highest BCUT2D eigenvalue weighted by atomic mass is 79.9. The number of nitrogens with zero attached hydrogens (tertiary/aromatic N) is 2. The smallest absolute Gasteiger partial charge is 0.266 e. The lowest BCUT2D eigenvalue weighted by Gasteiger charge is -2.28. The van der Waals surface area contributed by atoms with Crippen LogP contribution in [0.2, 0.25) is 0 Å². The van der Waals surface area contributed by atoms with E-state index in [1.807, 2.05) is 42.5 Å². The number of amides is 2. The van der Waals surface area contributed by atoms with Crippen molar-refractivity contribution in [3.05, 3.63) is 59.1 Å². The van der Waals surface area contributed by atoms with Gasteiger partial charge in [0.15, 0.2) is 6.10 Å². The van der Waals surface area contributed by atoms with Crippen molar-refractivity contribution in [2.75, 3.05) is 9.96 Å². The van der Waals surface area contributed by atoms with E-state index >= 15 is 0 Å². The fourth-order valence-electron chi connectivity index (χ4n) is 3.76. The topological polar surface area (TPSA) is 49.9 Å². The number of halogens is 1. The highest BCUT2D eigenvalue weighted by Gasteiger charge is 2.59. The van der Waals surface area contributed by atoms with Gasteiger partial charge in [0.05, 0.1) is 23.3 Å². The van der Waals surface area contributed by atoms with Crippen LogP contribution in [0.15, 0.2) is 59.1 Å². The van der Waals surface area contributed by atoms with Gasteiger partial charge < -0.3 is 0 Å². The zero-order valence-corrected chi connectivity index (χ0v) is 15.9. The standard InChI is InChI=1S/C20H19BrN2O3/c1-2-6-16-17-18(26-23(16)15-7-4-3-5-8-15)20(25)22(19(17)24)14-11-9-13(21)10-12-14/h3-5,7-12,16-18H,2,6H2,1H3/t16-,17+,18+/m0/s1. The van der Waals surface area contributed by atoms with Crippen molar-refractivity contribution in [2.24, 2.45) is 5.92 Å². The molecular weight excluding hydrogens is 396 g/mol. The number of carbonyl (C=O) groups excluding carboxylic acids is 2. The molecule has 3 atom stereocenters. The number of rotatable bonds is 4. The molecule has 0 aromatic heterocycles. The van der Waals surface area contributed by atoms with Crippen LogP contribution in [0.4, 0.5) is 11.4 Å². The number of imide groups is 1. The van der Waals surface area contributed by atoms with Gasteiger partial charge in [0.1, 0.15) is 0 Å². The largest absolute Gasteiger partial charge is 0.273 e. The lowest BCUT2D eigenvalue weighted by atomic mass is 9.93. The molecule has 5 nitrogen and oxygen atoms in total. The van der Waals surface area contributed by atoms with Crippen molar-refractivity contribution in [1.29, 1.82) is 0 Å². The highest BCUT2D eigenvalue weighted by Crippen LogP contribution is 2.41. The molecule has 4 rings (SSSR count). The van der Waals surface area contributed by atoms with Gasteiger partial charge in [0, 0.05) is 4.47 Å². The Balaban J connectivity index is 1.67. The van der Waals surface area contributed by atoms with Crippen LogP contribution in [0.25, 0.3) is 0 Å². The predicted octanol–water partition coefficient (Wildman–Crippen LogP) is 3.93. The Bertz CT molecular complexity index is 825. The van der Waals surface area contributed by atoms with Crippen LogP contribution < -0.4 is 9.96 Å². The lowest BCUT2D eigenvalue weighted by Crippen LogP contribution is -2.40. The number of benzene rings is 2. The van der Waals surface area contributed by atoms with Gasteiger partial charge in [-0.3, -0.25) is 14.4 Å². The summed E-state index contributed by atoms with van der Waals surface area (Å²) in [5, 5.41) is 1.76. The van der Waals surface area contributed by atoms with Gasteiger partial charge in [0.25, 0.3) is 5.91 Å². The fraction of sp³-hybridized carbons (Fsp3) is 0.300. The maximum atomic E-state index is 13.1. The van der Waals surface area contributed by atoms with Crippen LogP contribution in [-0.2, 0) is 14.4 Å². The van der Waals surface area contributed by atoms with E-state index < -0.39 is 12.0 Å². The maximum Gasteiger partial charge on any atom is 0.266 e. The number of para-hydroxylation sites is 1. The second-order valence-electron chi connectivity index (χ2n) is 6.56. The first kappa shape index (κ1) is 17.2. The molecule has 134 valence electrons. The number of anilines is 2. The van der Waals surface area contributed by atoms with Crippen LogP contribution in [0.1, 0.15) is 19.8 Å². The van der Waals surface area contributed by atoms with Crippen molar-refractivity contribution in [1.82, 2.24) is 0 Å². The molecular formula is C20H19BrN2O3. The van der Waals surface area contributed by atoms with Gasteiger partial charge in [0.2, 0.25) is 5.91 Å². The monoisotopic (exact) mass is 414 g/mol. The van der Waals surface area contributed by atoms with E-state index in [-0.39, 0.29) is 17.9 Å². The number of hydrogen-bond acceptors (Lipinski definition) is 4. The molecule has 0 unspecified atom stereocenters. The molecule has 2 amide bonds. The van der Waals surface area contributed by atoms with E-state index in [9.17, 15) is 9.59 Å². The lowest BCUT2D eigenvalue weighted by molar-refractivity contribution is -0.126. The van der Waals surface area contributed by atoms with Crippen molar-refractivity contribution >= 4 is 39.1 Å². The number of carbonyl (C=O) groups is 2. The Hall–Kier alpha value is -2.18. The normalized spacial score (nSPS) is 25.1. The van der Waals surface area contributed by atoms with Crippen molar-refractivity contribution < 1.29 is 14.4 Å². The Morgan fingerprint density at radius 3 is 2.31 bits per heavy atom. The highest BCUT2D eigenvalue weighted by molar-refractivity contribution is 9.10.